The van der Waals surface area contributed by atoms with Gasteiger partial charge in [0.05, 0.1) is 19.6 Å². The number of ether oxygens (including phenoxy) is 1. The van der Waals surface area contributed by atoms with Crippen LogP contribution in [0.25, 0.3) is 10.9 Å². The van der Waals surface area contributed by atoms with Gasteiger partial charge in [0, 0.05) is 36.7 Å². The monoisotopic (exact) mass is 313 g/mol. The van der Waals surface area contributed by atoms with Gasteiger partial charge < -0.3 is 9.72 Å². The van der Waals surface area contributed by atoms with Crippen LogP contribution in [0, 0.1) is 0 Å². The first-order valence-corrected chi connectivity index (χ1v) is 7.80. The lowest BCUT2D eigenvalue weighted by atomic mass is 10.0. The Hall–Kier alpha value is -2.34. The third-order valence-electron chi connectivity index (χ3n) is 5.01. The van der Waals surface area contributed by atoms with Gasteiger partial charge in [-0.3, -0.25) is 19.4 Å². The van der Waals surface area contributed by atoms with E-state index in [4.69, 9.17) is 4.74 Å². The van der Waals surface area contributed by atoms with Gasteiger partial charge in [0.25, 0.3) is 0 Å². The van der Waals surface area contributed by atoms with E-state index in [1.807, 2.05) is 12.1 Å². The summed E-state index contributed by atoms with van der Waals surface area (Å²) in [4.78, 5) is 30.8. The zero-order valence-corrected chi connectivity index (χ0v) is 13.3. The molecule has 0 bridgehead atoms. The Morgan fingerprint density at radius 2 is 2.13 bits per heavy atom. The number of rotatable bonds is 2. The van der Waals surface area contributed by atoms with Gasteiger partial charge in [-0.2, -0.15) is 0 Å². The van der Waals surface area contributed by atoms with Crippen LogP contribution < -0.4 is 4.74 Å². The Morgan fingerprint density at radius 1 is 1.30 bits per heavy atom. The molecule has 2 aliphatic rings. The molecule has 1 aromatic heterocycles. The Bertz CT molecular complexity index is 811. The van der Waals surface area contributed by atoms with Crippen molar-refractivity contribution in [1.82, 2.24) is 14.8 Å². The number of nitrogens with one attached hydrogen (secondary N) is 1. The van der Waals surface area contributed by atoms with Gasteiger partial charge in [-0.1, -0.05) is 0 Å². The highest BCUT2D eigenvalue weighted by molar-refractivity contribution is 6.05. The van der Waals surface area contributed by atoms with Crippen LogP contribution in [0.2, 0.25) is 0 Å². The maximum atomic E-state index is 12.2. The average Bonchev–Trinajstić information content (AvgIpc) is 3.06. The maximum Gasteiger partial charge on any atom is 0.246 e. The van der Waals surface area contributed by atoms with E-state index in [2.05, 4.69) is 16.0 Å². The fraction of sp³-hybridized carbons (Fsp3) is 0.412. The summed E-state index contributed by atoms with van der Waals surface area (Å²) in [5, 5.41) is 1.19. The second-order valence-corrected chi connectivity index (χ2v) is 6.23. The van der Waals surface area contributed by atoms with Gasteiger partial charge in [-0.05, 0) is 30.2 Å². The number of hydrogen-bond donors (Lipinski definition) is 1. The zero-order chi connectivity index (χ0) is 16.1. The number of likely N-dealkylation sites (tertiary alicyclic amines) is 1. The van der Waals surface area contributed by atoms with Crippen LogP contribution in [0.1, 0.15) is 17.7 Å². The largest absolute Gasteiger partial charge is 0.497 e. The standard InChI is InChI=1S/C17H19N3O3/c1-19-16(21)8-15(17(19)22)20-6-5-11-12-7-10(23-2)3-4-13(12)18-14(11)9-20/h3-4,7,15,18H,5-6,8-9H2,1-2H3/t15-/m0/s1. The molecule has 0 unspecified atom stereocenters. The SMILES string of the molecule is COc1ccc2[nH]c3c(c2c1)CCN([C@H]1CC(=O)N(C)C1=O)C3. The highest BCUT2D eigenvalue weighted by atomic mass is 16.5. The molecule has 1 fully saturated rings. The predicted molar refractivity (Wildman–Crippen MR) is 85.1 cm³/mol. The van der Waals surface area contributed by atoms with Crippen molar-refractivity contribution in [2.24, 2.45) is 0 Å². The molecule has 2 aromatic rings. The highest BCUT2D eigenvalue weighted by Gasteiger charge is 2.41. The molecule has 1 aromatic carbocycles. The Kier molecular flexibility index (Phi) is 3.16. The Morgan fingerprint density at radius 3 is 2.83 bits per heavy atom. The number of aromatic nitrogens is 1. The van der Waals surface area contributed by atoms with Gasteiger partial charge in [0.2, 0.25) is 11.8 Å². The van der Waals surface area contributed by atoms with Crippen molar-refractivity contribution in [3.63, 3.8) is 0 Å². The molecule has 23 heavy (non-hydrogen) atoms. The van der Waals surface area contributed by atoms with E-state index in [0.29, 0.717) is 13.0 Å². The van der Waals surface area contributed by atoms with Crippen LogP contribution in [-0.2, 0) is 22.6 Å². The summed E-state index contributed by atoms with van der Waals surface area (Å²) in [5.41, 5.74) is 3.51. The van der Waals surface area contributed by atoms with Crippen LogP contribution in [0.4, 0.5) is 0 Å². The lowest BCUT2D eigenvalue weighted by molar-refractivity contribution is -0.138. The molecule has 4 rings (SSSR count). The molecule has 0 radical (unpaired) electrons. The molecule has 0 saturated carbocycles. The number of imide groups is 1. The third-order valence-corrected chi connectivity index (χ3v) is 5.01. The number of fused-ring (bicyclic) bond motifs is 3. The van der Waals surface area contributed by atoms with Crippen molar-refractivity contribution in [3.05, 3.63) is 29.5 Å². The van der Waals surface area contributed by atoms with Gasteiger partial charge in [-0.25, -0.2) is 0 Å². The summed E-state index contributed by atoms with van der Waals surface area (Å²) in [6, 6.07) is 5.70. The minimum Gasteiger partial charge on any atom is -0.497 e. The minimum atomic E-state index is -0.318. The summed E-state index contributed by atoms with van der Waals surface area (Å²) in [6.45, 7) is 1.46. The zero-order valence-electron chi connectivity index (χ0n) is 13.3. The molecule has 2 amide bonds. The van der Waals surface area contributed by atoms with E-state index < -0.39 is 0 Å². The summed E-state index contributed by atoms with van der Waals surface area (Å²) >= 11 is 0. The van der Waals surface area contributed by atoms with Crippen molar-refractivity contribution < 1.29 is 14.3 Å². The summed E-state index contributed by atoms with van der Waals surface area (Å²) in [6.07, 6.45) is 1.16. The van der Waals surface area contributed by atoms with Crippen LogP contribution in [-0.4, -0.2) is 53.3 Å². The van der Waals surface area contributed by atoms with Crippen LogP contribution >= 0.6 is 0 Å². The normalized spacial score (nSPS) is 22.0. The Labute approximate surface area is 134 Å². The van der Waals surface area contributed by atoms with Crippen LogP contribution in [0.15, 0.2) is 18.2 Å². The first kappa shape index (κ1) is 14.3. The number of carbonyl (C=O) groups excluding carboxylic acids is 2. The van der Waals surface area contributed by atoms with Gasteiger partial charge >= 0.3 is 0 Å². The van der Waals surface area contributed by atoms with Gasteiger partial charge in [0.15, 0.2) is 0 Å². The topological polar surface area (TPSA) is 65.6 Å². The van der Waals surface area contributed by atoms with E-state index >= 15 is 0 Å². The van der Waals surface area contributed by atoms with E-state index in [9.17, 15) is 9.59 Å². The van der Waals surface area contributed by atoms with Crippen LogP contribution in [0.5, 0.6) is 5.75 Å². The molecule has 0 aliphatic carbocycles. The third kappa shape index (κ3) is 2.13. The second-order valence-electron chi connectivity index (χ2n) is 6.23. The summed E-state index contributed by atoms with van der Waals surface area (Å²) in [5.74, 6) is 0.670. The molecule has 1 N–H and O–H groups in total. The van der Waals surface area contributed by atoms with Gasteiger partial charge in [0.1, 0.15) is 5.75 Å². The van der Waals surface area contributed by atoms with Crippen molar-refractivity contribution >= 4 is 22.7 Å². The number of amides is 2. The van der Waals surface area contributed by atoms with E-state index in [1.54, 1.807) is 14.2 Å². The molecular weight excluding hydrogens is 294 g/mol. The number of methoxy groups -OCH3 is 1. The predicted octanol–water partition coefficient (Wildman–Crippen LogP) is 1.29. The number of likely N-dealkylation sites (N-methyl/N-ethyl adjacent to an activating group) is 1. The number of nitrogens with zero attached hydrogens (tertiary/aromatic N) is 2. The molecule has 3 heterocycles. The Balaban J connectivity index is 1.65. The van der Waals surface area contributed by atoms with Gasteiger partial charge in [-0.15, -0.1) is 0 Å². The molecule has 1 atom stereocenters. The van der Waals surface area contributed by atoms with Crippen molar-refractivity contribution in [1.29, 1.82) is 0 Å². The lowest BCUT2D eigenvalue weighted by Gasteiger charge is -2.30. The van der Waals surface area contributed by atoms with E-state index in [0.717, 1.165) is 29.9 Å². The molecular formula is C17H19N3O3. The quantitative estimate of drug-likeness (QED) is 0.849. The summed E-state index contributed by atoms with van der Waals surface area (Å²) < 4.78 is 5.31. The molecule has 0 spiro atoms. The lowest BCUT2D eigenvalue weighted by Crippen LogP contribution is -2.43. The average molecular weight is 313 g/mol. The first-order chi connectivity index (χ1) is 11.1. The molecule has 2 aliphatic heterocycles. The molecule has 1 saturated heterocycles. The van der Waals surface area contributed by atoms with Crippen molar-refractivity contribution in [3.8, 4) is 5.75 Å². The van der Waals surface area contributed by atoms with E-state index in [1.165, 1.54) is 15.8 Å². The molecule has 6 nitrogen and oxygen atoms in total. The maximum absolute atomic E-state index is 12.2. The van der Waals surface area contributed by atoms with Crippen LogP contribution in [0.3, 0.4) is 0 Å². The smallest absolute Gasteiger partial charge is 0.246 e. The number of aromatic amines is 1. The highest BCUT2D eigenvalue weighted by Crippen LogP contribution is 2.32. The number of H-pyrrole nitrogens is 1. The second kappa shape index (κ2) is 5.09. The number of hydrogen-bond acceptors (Lipinski definition) is 4. The fourth-order valence-corrected chi connectivity index (χ4v) is 3.66. The van der Waals surface area contributed by atoms with Crippen molar-refractivity contribution in [2.45, 2.75) is 25.4 Å². The van der Waals surface area contributed by atoms with Crippen molar-refractivity contribution in [2.75, 3.05) is 20.7 Å². The molecule has 120 valence electrons. The molecule has 6 heteroatoms. The number of carbonyl (C=O) groups is 2. The minimum absolute atomic E-state index is 0.0868. The number of benzene rings is 1. The summed E-state index contributed by atoms with van der Waals surface area (Å²) in [7, 11) is 3.23. The van der Waals surface area contributed by atoms with E-state index in [-0.39, 0.29) is 17.9 Å². The fourth-order valence-electron chi connectivity index (χ4n) is 3.66. The first-order valence-electron chi connectivity index (χ1n) is 7.80.